The number of hydrogen-bond donors (Lipinski definition) is 2. The summed E-state index contributed by atoms with van der Waals surface area (Å²) in [6.07, 6.45) is 2.11. The molecule has 2 aromatic carbocycles. The standard InChI is InChI=1S/C23H31NO3/c1-2-12-23(18-25)17-24(13-11-22(23)26)15-20-9-6-10-21(14-20)27-16-19-7-4-3-5-8-19/h3-10,14,22,25-26H,2,11-13,15-18H2,1H3/t22-,23-/m0/s1. The predicted octanol–water partition coefficient (Wildman–Crippen LogP) is 3.61. The van der Waals surface area contributed by atoms with Gasteiger partial charge in [0.1, 0.15) is 12.4 Å². The highest BCUT2D eigenvalue weighted by atomic mass is 16.5. The first-order valence-electron chi connectivity index (χ1n) is 9.92. The minimum absolute atomic E-state index is 0.0404. The third-order valence-corrected chi connectivity index (χ3v) is 5.58. The zero-order valence-electron chi connectivity index (χ0n) is 16.2. The van der Waals surface area contributed by atoms with Gasteiger partial charge in [0.15, 0.2) is 0 Å². The lowest BCUT2D eigenvalue weighted by molar-refractivity contribution is -0.0819. The molecule has 27 heavy (non-hydrogen) atoms. The maximum atomic E-state index is 10.5. The number of likely N-dealkylation sites (tertiary alicyclic amines) is 1. The molecule has 146 valence electrons. The van der Waals surface area contributed by atoms with E-state index in [1.54, 1.807) is 0 Å². The van der Waals surface area contributed by atoms with Crippen LogP contribution in [0.15, 0.2) is 54.6 Å². The predicted molar refractivity (Wildman–Crippen MR) is 108 cm³/mol. The zero-order valence-corrected chi connectivity index (χ0v) is 16.2. The third-order valence-electron chi connectivity index (χ3n) is 5.58. The first kappa shape index (κ1) is 19.9. The van der Waals surface area contributed by atoms with Crippen LogP contribution in [0.3, 0.4) is 0 Å². The van der Waals surface area contributed by atoms with Gasteiger partial charge in [0.05, 0.1) is 12.7 Å². The fraction of sp³-hybridized carbons (Fsp3) is 0.478. The SMILES string of the molecule is CCC[C@@]1(CO)CN(Cc2cccc(OCc3ccccc3)c2)CC[C@@H]1O. The van der Waals surface area contributed by atoms with Crippen molar-refractivity contribution in [1.82, 2.24) is 4.90 Å². The van der Waals surface area contributed by atoms with Crippen LogP contribution in [0.4, 0.5) is 0 Å². The number of hydrogen-bond acceptors (Lipinski definition) is 4. The summed E-state index contributed by atoms with van der Waals surface area (Å²) in [6, 6.07) is 18.4. The molecule has 0 radical (unpaired) electrons. The van der Waals surface area contributed by atoms with Gasteiger partial charge in [0, 0.05) is 25.0 Å². The number of aliphatic hydroxyl groups is 2. The smallest absolute Gasteiger partial charge is 0.120 e. The summed E-state index contributed by atoms with van der Waals surface area (Å²) < 4.78 is 5.94. The second kappa shape index (κ2) is 9.36. The summed E-state index contributed by atoms with van der Waals surface area (Å²) >= 11 is 0. The molecule has 3 rings (SSSR count). The van der Waals surface area contributed by atoms with E-state index in [9.17, 15) is 10.2 Å². The van der Waals surface area contributed by atoms with Gasteiger partial charge >= 0.3 is 0 Å². The lowest BCUT2D eigenvalue weighted by Gasteiger charge is -2.45. The maximum absolute atomic E-state index is 10.5. The van der Waals surface area contributed by atoms with Crippen molar-refractivity contribution in [2.75, 3.05) is 19.7 Å². The van der Waals surface area contributed by atoms with Gasteiger partial charge in [0.2, 0.25) is 0 Å². The van der Waals surface area contributed by atoms with Crippen LogP contribution in [0.25, 0.3) is 0 Å². The molecular formula is C23H31NO3. The number of nitrogens with zero attached hydrogens (tertiary/aromatic N) is 1. The number of benzene rings is 2. The van der Waals surface area contributed by atoms with E-state index in [1.807, 2.05) is 30.3 Å². The largest absolute Gasteiger partial charge is 0.489 e. The molecule has 1 fully saturated rings. The van der Waals surface area contributed by atoms with Crippen LogP contribution >= 0.6 is 0 Å². The van der Waals surface area contributed by atoms with Gasteiger partial charge in [-0.2, -0.15) is 0 Å². The second-order valence-corrected chi connectivity index (χ2v) is 7.71. The molecule has 4 nitrogen and oxygen atoms in total. The summed E-state index contributed by atoms with van der Waals surface area (Å²) in [5.74, 6) is 0.871. The van der Waals surface area contributed by atoms with E-state index in [0.29, 0.717) is 13.0 Å². The lowest BCUT2D eigenvalue weighted by Crippen LogP contribution is -2.53. The average Bonchev–Trinajstić information content (AvgIpc) is 2.70. The molecule has 0 saturated carbocycles. The number of rotatable bonds is 8. The summed E-state index contributed by atoms with van der Waals surface area (Å²) in [6.45, 7) is 5.09. The van der Waals surface area contributed by atoms with Crippen LogP contribution in [0.1, 0.15) is 37.3 Å². The Kier molecular flexibility index (Phi) is 6.89. The van der Waals surface area contributed by atoms with Crippen LogP contribution in [-0.4, -0.2) is 40.9 Å². The van der Waals surface area contributed by atoms with Gasteiger partial charge in [-0.05, 0) is 36.1 Å². The van der Waals surface area contributed by atoms with Gasteiger partial charge in [-0.25, -0.2) is 0 Å². The molecule has 2 atom stereocenters. The van der Waals surface area contributed by atoms with Crippen LogP contribution in [0.5, 0.6) is 5.75 Å². The molecule has 0 unspecified atom stereocenters. The number of aliphatic hydroxyl groups excluding tert-OH is 2. The zero-order chi connectivity index (χ0) is 19.1. The van der Waals surface area contributed by atoms with Crippen molar-refractivity contribution < 1.29 is 14.9 Å². The Hall–Kier alpha value is -1.88. The van der Waals surface area contributed by atoms with Crippen LogP contribution in [0, 0.1) is 5.41 Å². The molecular weight excluding hydrogens is 338 g/mol. The Balaban J connectivity index is 1.62. The molecule has 0 amide bonds. The Labute approximate surface area is 162 Å². The topological polar surface area (TPSA) is 52.9 Å². The van der Waals surface area contributed by atoms with Crippen molar-refractivity contribution in [3.05, 3.63) is 65.7 Å². The van der Waals surface area contributed by atoms with E-state index >= 15 is 0 Å². The Morgan fingerprint density at radius 2 is 1.89 bits per heavy atom. The van der Waals surface area contributed by atoms with Gasteiger partial charge < -0.3 is 14.9 Å². The third kappa shape index (κ3) is 5.10. The van der Waals surface area contributed by atoms with E-state index in [0.717, 1.165) is 43.8 Å². The monoisotopic (exact) mass is 369 g/mol. The molecule has 0 bridgehead atoms. The second-order valence-electron chi connectivity index (χ2n) is 7.71. The van der Waals surface area contributed by atoms with E-state index in [-0.39, 0.29) is 6.61 Å². The molecule has 4 heteroatoms. The van der Waals surface area contributed by atoms with Crippen molar-refractivity contribution in [2.45, 2.75) is 45.4 Å². The highest BCUT2D eigenvalue weighted by molar-refractivity contribution is 5.29. The van der Waals surface area contributed by atoms with Crippen LogP contribution in [0.2, 0.25) is 0 Å². The van der Waals surface area contributed by atoms with Crippen molar-refractivity contribution in [3.63, 3.8) is 0 Å². The average molecular weight is 370 g/mol. The molecule has 0 aliphatic carbocycles. The first-order chi connectivity index (χ1) is 13.1. The van der Waals surface area contributed by atoms with Gasteiger partial charge in [-0.1, -0.05) is 55.8 Å². The Bertz CT molecular complexity index is 706. The van der Waals surface area contributed by atoms with Crippen molar-refractivity contribution in [2.24, 2.45) is 5.41 Å². The van der Waals surface area contributed by atoms with Crippen molar-refractivity contribution >= 4 is 0 Å². The van der Waals surface area contributed by atoms with Crippen molar-refractivity contribution in [1.29, 1.82) is 0 Å². The molecule has 2 N–H and O–H groups in total. The minimum Gasteiger partial charge on any atom is -0.489 e. The molecule has 1 saturated heterocycles. The summed E-state index contributed by atoms with van der Waals surface area (Å²) in [4.78, 5) is 2.34. The fourth-order valence-corrected chi connectivity index (χ4v) is 4.09. The summed E-state index contributed by atoms with van der Waals surface area (Å²) in [7, 11) is 0. The number of piperidine rings is 1. The first-order valence-corrected chi connectivity index (χ1v) is 9.92. The van der Waals surface area contributed by atoms with Gasteiger partial charge in [-0.15, -0.1) is 0 Å². The van der Waals surface area contributed by atoms with Gasteiger partial charge in [0.25, 0.3) is 0 Å². The van der Waals surface area contributed by atoms with Crippen LogP contribution < -0.4 is 4.74 Å². The van der Waals surface area contributed by atoms with Gasteiger partial charge in [-0.3, -0.25) is 4.90 Å². The van der Waals surface area contributed by atoms with E-state index in [4.69, 9.17) is 4.74 Å². The maximum Gasteiger partial charge on any atom is 0.120 e. The Morgan fingerprint density at radius 1 is 1.11 bits per heavy atom. The Morgan fingerprint density at radius 3 is 2.63 bits per heavy atom. The lowest BCUT2D eigenvalue weighted by atomic mass is 9.74. The molecule has 1 aliphatic rings. The molecule has 0 spiro atoms. The van der Waals surface area contributed by atoms with E-state index in [2.05, 4.69) is 36.1 Å². The quantitative estimate of drug-likeness (QED) is 0.746. The highest BCUT2D eigenvalue weighted by Crippen LogP contribution is 2.35. The number of ether oxygens (including phenoxy) is 1. The molecule has 0 aromatic heterocycles. The highest BCUT2D eigenvalue weighted by Gasteiger charge is 2.41. The molecule has 2 aromatic rings. The van der Waals surface area contributed by atoms with Crippen molar-refractivity contribution in [3.8, 4) is 5.75 Å². The molecule has 1 aliphatic heterocycles. The van der Waals surface area contributed by atoms with E-state index in [1.165, 1.54) is 5.56 Å². The normalized spacial score (nSPS) is 23.3. The summed E-state index contributed by atoms with van der Waals surface area (Å²) in [5.41, 5.74) is 1.95. The summed E-state index contributed by atoms with van der Waals surface area (Å²) in [5, 5.41) is 20.4. The van der Waals surface area contributed by atoms with E-state index < -0.39 is 11.5 Å². The fourth-order valence-electron chi connectivity index (χ4n) is 4.09. The van der Waals surface area contributed by atoms with Crippen LogP contribution in [-0.2, 0) is 13.2 Å². The molecule has 1 heterocycles. The minimum atomic E-state index is -0.417.